The van der Waals surface area contributed by atoms with E-state index in [0.717, 1.165) is 28.1 Å². The molecule has 0 amide bonds. The van der Waals surface area contributed by atoms with Crippen molar-refractivity contribution in [1.82, 2.24) is 10.2 Å². The topological polar surface area (TPSA) is 46.1 Å². The van der Waals surface area contributed by atoms with Crippen LogP contribution in [0.4, 0.5) is 5.82 Å². The van der Waals surface area contributed by atoms with Gasteiger partial charge in [0.2, 0.25) is 0 Å². The van der Waals surface area contributed by atoms with Crippen molar-refractivity contribution >= 4 is 27.5 Å². The number of aromatic nitrogens is 2. The third-order valence-corrected chi connectivity index (χ3v) is 3.67. The number of carbonyl (C=O) groups is 1. The summed E-state index contributed by atoms with van der Waals surface area (Å²) in [4.78, 5) is 13.2. The van der Waals surface area contributed by atoms with E-state index in [1.807, 2.05) is 41.3 Å². The molecule has 2 heterocycles. The van der Waals surface area contributed by atoms with Crippen molar-refractivity contribution in [3.05, 3.63) is 40.9 Å². The summed E-state index contributed by atoms with van der Waals surface area (Å²) < 4.78 is 1.04. The molecule has 3 rings (SSSR count). The summed E-state index contributed by atoms with van der Waals surface area (Å²) >= 11 is 3.41. The molecule has 0 unspecified atom stereocenters. The van der Waals surface area contributed by atoms with Crippen molar-refractivity contribution in [3.63, 3.8) is 0 Å². The van der Waals surface area contributed by atoms with Crippen LogP contribution in [0.25, 0.3) is 11.3 Å². The zero-order valence-electron chi connectivity index (χ0n) is 10.2. The third kappa shape index (κ3) is 2.66. The molecule has 96 valence electrons. The Kier molecular flexibility index (Phi) is 3.29. The zero-order chi connectivity index (χ0) is 13.2. The molecule has 1 aliphatic heterocycles. The van der Waals surface area contributed by atoms with E-state index in [1.165, 1.54) is 0 Å². The van der Waals surface area contributed by atoms with Gasteiger partial charge in [0.25, 0.3) is 0 Å². The quantitative estimate of drug-likeness (QED) is 0.854. The first-order valence-corrected chi connectivity index (χ1v) is 6.88. The van der Waals surface area contributed by atoms with E-state index in [-0.39, 0.29) is 5.78 Å². The molecule has 0 radical (unpaired) electrons. The van der Waals surface area contributed by atoms with Crippen LogP contribution in [0.2, 0.25) is 0 Å². The Hall–Kier alpha value is -1.75. The Bertz CT molecular complexity index is 595. The zero-order valence-corrected chi connectivity index (χ0v) is 11.8. The fourth-order valence-corrected chi connectivity index (χ4v) is 2.36. The maximum Gasteiger partial charge on any atom is 0.153 e. The van der Waals surface area contributed by atoms with Crippen LogP contribution in [-0.2, 0) is 4.79 Å². The molecule has 0 bridgehead atoms. The lowest BCUT2D eigenvalue weighted by Gasteiger charge is -2.14. The minimum Gasteiger partial charge on any atom is -0.347 e. The Morgan fingerprint density at radius 2 is 1.84 bits per heavy atom. The van der Waals surface area contributed by atoms with Gasteiger partial charge in [0.15, 0.2) is 11.6 Å². The van der Waals surface area contributed by atoms with Crippen LogP contribution >= 0.6 is 15.9 Å². The van der Waals surface area contributed by atoms with E-state index in [1.54, 1.807) is 0 Å². The highest BCUT2D eigenvalue weighted by molar-refractivity contribution is 9.10. The number of halogens is 1. The highest BCUT2D eigenvalue weighted by Gasteiger charge is 2.20. The van der Waals surface area contributed by atoms with Gasteiger partial charge in [-0.1, -0.05) is 28.1 Å². The fourth-order valence-electron chi connectivity index (χ4n) is 2.09. The maximum atomic E-state index is 11.3. The summed E-state index contributed by atoms with van der Waals surface area (Å²) in [6, 6.07) is 11.8. The van der Waals surface area contributed by atoms with Crippen molar-refractivity contribution in [2.75, 3.05) is 18.0 Å². The average Bonchev–Trinajstić information content (AvgIpc) is 2.87. The lowest BCUT2D eigenvalue weighted by Crippen LogP contribution is -2.21. The first kappa shape index (κ1) is 12.3. The van der Waals surface area contributed by atoms with Gasteiger partial charge in [0.05, 0.1) is 12.2 Å². The van der Waals surface area contributed by atoms with E-state index in [0.29, 0.717) is 13.0 Å². The number of hydrogen-bond acceptors (Lipinski definition) is 4. The Morgan fingerprint density at radius 3 is 2.42 bits per heavy atom. The number of hydrogen-bond donors (Lipinski definition) is 0. The van der Waals surface area contributed by atoms with Gasteiger partial charge in [-0.15, -0.1) is 10.2 Å². The number of benzene rings is 1. The second-order valence-electron chi connectivity index (χ2n) is 4.49. The molecule has 5 heteroatoms. The van der Waals surface area contributed by atoms with Crippen LogP contribution in [-0.4, -0.2) is 29.1 Å². The predicted molar refractivity (Wildman–Crippen MR) is 77.0 cm³/mol. The molecule has 1 saturated heterocycles. The van der Waals surface area contributed by atoms with Gasteiger partial charge in [-0.2, -0.15) is 0 Å². The van der Waals surface area contributed by atoms with Crippen LogP contribution < -0.4 is 4.90 Å². The summed E-state index contributed by atoms with van der Waals surface area (Å²) in [7, 11) is 0. The molecule has 4 nitrogen and oxygen atoms in total. The highest BCUT2D eigenvalue weighted by atomic mass is 79.9. The van der Waals surface area contributed by atoms with Crippen LogP contribution in [0.5, 0.6) is 0 Å². The molecule has 1 aromatic heterocycles. The second-order valence-corrected chi connectivity index (χ2v) is 5.41. The van der Waals surface area contributed by atoms with E-state index in [4.69, 9.17) is 0 Å². The molecule has 1 aliphatic rings. The van der Waals surface area contributed by atoms with E-state index in [9.17, 15) is 4.79 Å². The standard InChI is InChI=1S/C14H12BrN3O/c15-11-3-1-10(2-4-11)13-5-6-14(17-16-13)18-8-7-12(19)9-18/h1-6H,7-9H2. The molecule has 1 aromatic carbocycles. The largest absolute Gasteiger partial charge is 0.347 e. The molecule has 0 saturated carbocycles. The number of Topliss-reactive ketones (excluding diaryl/α,β-unsaturated/α-hetero) is 1. The summed E-state index contributed by atoms with van der Waals surface area (Å²) in [6.45, 7) is 1.19. The lowest BCUT2D eigenvalue weighted by atomic mass is 10.1. The van der Waals surface area contributed by atoms with Crippen LogP contribution in [0.3, 0.4) is 0 Å². The Morgan fingerprint density at radius 1 is 1.05 bits per heavy atom. The Balaban J connectivity index is 1.82. The predicted octanol–water partition coefficient (Wildman–Crippen LogP) is 2.69. The van der Waals surface area contributed by atoms with E-state index < -0.39 is 0 Å². The maximum absolute atomic E-state index is 11.3. The van der Waals surface area contributed by atoms with Gasteiger partial charge in [-0.25, -0.2) is 0 Å². The van der Waals surface area contributed by atoms with E-state index in [2.05, 4.69) is 26.1 Å². The first-order chi connectivity index (χ1) is 9.22. The lowest BCUT2D eigenvalue weighted by molar-refractivity contribution is -0.116. The van der Waals surface area contributed by atoms with Gasteiger partial charge >= 0.3 is 0 Å². The van der Waals surface area contributed by atoms with E-state index >= 15 is 0 Å². The molecule has 0 atom stereocenters. The van der Waals surface area contributed by atoms with Crippen LogP contribution in [0, 0.1) is 0 Å². The van der Waals surface area contributed by atoms with Crippen molar-refractivity contribution in [1.29, 1.82) is 0 Å². The smallest absolute Gasteiger partial charge is 0.153 e. The molecule has 0 aliphatic carbocycles. The molecule has 0 spiro atoms. The average molecular weight is 318 g/mol. The molecule has 0 N–H and O–H groups in total. The monoisotopic (exact) mass is 317 g/mol. The second kappa shape index (κ2) is 5.09. The van der Waals surface area contributed by atoms with Crippen molar-refractivity contribution < 1.29 is 4.79 Å². The van der Waals surface area contributed by atoms with Crippen molar-refractivity contribution in [2.24, 2.45) is 0 Å². The summed E-state index contributed by atoms with van der Waals surface area (Å²) in [6.07, 6.45) is 0.607. The van der Waals surface area contributed by atoms with Crippen LogP contribution in [0.15, 0.2) is 40.9 Å². The minimum absolute atomic E-state index is 0.263. The molecular formula is C14H12BrN3O. The minimum atomic E-state index is 0.263. The highest BCUT2D eigenvalue weighted by Crippen LogP contribution is 2.21. The SMILES string of the molecule is O=C1CCN(c2ccc(-c3ccc(Br)cc3)nn2)C1. The number of nitrogens with zero attached hydrogens (tertiary/aromatic N) is 3. The summed E-state index contributed by atoms with van der Waals surface area (Å²) in [5.41, 5.74) is 1.86. The molecule has 2 aromatic rings. The third-order valence-electron chi connectivity index (χ3n) is 3.14. The van der Waals surface area contributed by atoms with Gasteiger partial charge in [-0.3, -0.25) is 4.79 Å². The van der Waals surface area contributed by atoms with Gasteiger partial charge in [0.1, 0.15) is 0 Å². The Labute approximate surface area is 119 Å². The van der Waals surface area contributed by atoms with Crippen molar-refractivity contribution in [2.45, 2.75) is 6.42 Å². The number of carbonyl (C=O) groups excluding carboxylic acids is 1. The molecule has 1 fully saturated rings. The number of ketones is 1. The molecular weight excluding hydrogens is 306 g/mol. The van der Waals surface area contributed by atoms with Gasteiger partial charge in [0, 0.05) is 23.0 Å². The first-order valence-electron chi connectivity index (χ1n) is 6.09. The number of rotatable bonds is 2. The van der Waals surface area contributed by atoms with Gasteiger partial charge < -0.3 is 4.90 Å². The number of anilines is 1. The van der Waals surface area contributed by atoms with Gasteiger partial charge in [-0.05, 0) is 24.3 Å². The fraction of sp³-hybridized carbons (Fsp3) is 0.214. The molecule has 19 heavy (non-hydrogen) atoms. The normalized spacial score (nSPS) is 15.0. The van der Waals surface area contributed by atoms with Crippen molar-refractivity contribution in [3.8, 4) is 11.3 Å². The van der Waals surface area contributed by atoms with Crippen LogP contribution in [0.1, 0.15) is 6.42 Å². The summed E-state index contributed by atoms with van der Waals surface area (Å²) in [5.74, 6) is 1.03. The summed E-state index contributed by atoms with van der Waals surface area (Å²) in [5, 5.41) is 8.44.